The summed E-state index contributed by atoms with van der Waals surface area (Å²) in [5, 5.41) is 1.68. The lowest BCUT2D eigenvalue weighted by Crippen LogP contribution is -2.19. The Kier molecular flexibility index (Phi) is 3.73. The first kappa shape index (κ1) is 16.9. The Hall–Kier alpha value is -2.54. The average molecular weight is 377 g/mol. The number of hydrogen-bond acceptors (Lipinski definition) is 2. The first-order valence-electron chi connectivity index (χ1n) is 8.00. The van der Waals surface area contributed by atoms with Crippen molar-refractivity contribution in [2.24, 2.45) is 0 Å². The molecule has 0 unspecified atom stereocenters. The number of halogens is 3. The predicted octanol–water partition coefficient (Wildman–Crippen LogP) is 4.76. The number of anilines is 1. The van der Waals surface area contributed by atoms with E-state index in [1.165, 1.54) is 12.1 Å². The van der Waals surface area contributed by atoms with Gasteiger partial charge in [0.05, 0.1) is 16.1 Å². The van der Waals surface area contributed by atoms with E-state index < -0.39 is 26.7 Å². The molecule has 1 N–H and O–H groups in total. The van der Waals surface area contributed by atoms with Crippen LogP contribution in [0.3, 0.4) is 0 Å². The molecule has 0 fully saturated rings. The van der Waals surface area contributed by atoms with Crippen molar-refractivity contribution < 1.29 is 21.6 Å². The Morgan fingerprint density at radius 2 is 1.54 bits per heavy atom. The molecular formula is C19H14F3NO2S. The summed E-state index contributed by atoms with van der Waals surface area (Å²) in [5.41, 5.74) is 1.34. The van der Waals surface area contributed by atoms with Crippen molar-refractivity contribution in [3.8, 4) is 0 Å². The van der Waals surface area contributed by atoms with E-state index in [-0.39, 0.29) is 5.69 Å². The van der Waals surface area contributed by atoms with Gasteiger partial charge in [-0.15, -0.1) is 0 Å². The van der Waals surface area contributed by atoms with E-state index in [0.717, 1.165) is 41.5 Å². The lowest BCUT2D eigenvalue weighted by molar-refractivity contribution is -0.139. The molecule has 0 aromatic heterocycles. The molecule has 0 radical (unpaired) electrons. The fourth-order valence-electron chi connectivity index (χ4n) is 3.47. The van der Waals surface area contributed by atoms with Crippen LogP contribution in [0, 0.1) is 0 Å². The molecule has 3 aromatic carbocycles. The van der Waals surface area contributed by atoms with Crippen LogP contribution in [-0.4, -0.2) is 8.42 Å². The summed E-state index contributed by atoms with van der Waals surface area (Å²) in [7, 11) is -4.39. The molecule has 26 heavy (non-hydrogen) atoms. The van der Waals surface area contributed by atoms with Gasteiger partial charge in [0.2, 0.25) is 0 Å². The predicted molar refractivity (Wildman–Crippen MR) is 93.6 cm³/mol. The van der Waals surface area contributed by atoms with Crippen molar-refractivity contribution in [2.75, 3.05) is 4.72 Å². The first-order chi connectivity index (χ1) is 12.3. The van der Waals surface area contributed by atoms with Crippen molar-refractivity contribution in [1.29, 1.82) is 0 Å². The Morgan fingerprint density at radius 3 is 2.27 bits per heavy atom. The molecule has 0 spiro atoms. The molecule has 0 saturated carbocycles. The molecule has 134 valence electrons. The molecule has 3 nitrogen and oxygen atoms in total. The van der Waals surface area contributed by atoms with Gasteiger partial charge in [0, 0.05) is 5.39 Å². The van der Waals surface area contributed by atoms with Gasteiger partial charge in [0.1, 0.15) is 0 Å². The highest BCUT2D eigenvalue weighted by atomic mass is 32.2. The van der Waals surface area contributed by atoms with Crippen LogP contribution in [0.15, 0.2) is 59.5 Å². The minimum Gasteiger partial charge on any atom is -0.279 e. The van der Waals surface area contributed by atoms with E-state index in [1.807, 2.05) is 18.2 Å². The van der Waals surface area contributed by atoms with Gasteiger partial charge < -0.3 is 0 Å². The fraction of sp³-hybridized carbons (Fsp3) is 0.158. The van der Waals surface area contributed by atoms with Gasteiger partial charge in [0.25, 0.3) is 10.0 Å². The van der Waals surface area contributed by atoms with Crippen LogP contribution in [0.25, 0.3) is 10.8 Å². The molecule has 0 bridgehead atoms. The van der Waals surface area contributed by atoms with Crippen molar-refractivity contribution in [2.45, 2.75) is 23.9 Å². The van der Waals surface area contributed by atoms with Crippen LogP contribution in [0.5, 0.6) is 0 Å². The second-order valence-corrected chi connectivity index (χ2v) is 7.86. The summed E-state index contributed by atoms with van der Waals surface area (Å²) < 4.78 is 67.3. The molecule has 1 aliphatic rings. The summed E-state index contributed by atoms with van der Waals surface area (Å²) in [5.74, 6) is 0. The molecule has 0 saturated heterocycles. The Bertz CT molecular complexity index is 1110. The molecule has 0 amide bonds. The lowest BCUT2D eigenvalue weighted by Gasteiger charge is -2.16. The SMILES string of the molecule is O=S(=O)(Nc1ccc2c3c(cccc13)CC2)c1ccccc1C(F)(F)F. The quantitative estimate of drug-likeness (QED) is 0.715. The van der Waals surface area contributed by atoms with Crippen LogP contribution in [0.4, 0.5) is 18.9 Å². The maximum absolute atomic E-state index is 13.2. The Labute approximate surface area is 148 Å². The summed E-state index contributed by atoms with van der Waals surface area (Å²) in [6.07, 6.45) is -3.01. The first-order valence-corrected chi connectivity index (χ1v) is 9.48. The fourth-order valence-corrected chi connectivity index (χ4v) is 4.78. The number of sulfonamides is 1. The zero-order chi connectivity index (χ0) is 18.5. The number of nitrogens with one attached hydrogen (secondary N) is 1. The lowest BCUT2D eigenvalue weighted by atomic mass is 10.0. The van der Waals surface area contributed by atoms with Gasteiger partial charge in [-0.25, -0.2) is 8.42 Å². The van der Waals surface area contributed by atoms with Crippen LogP contribution in [0.2, 0.25) is 0 Å². The van der Waals surface area contributed by atoms with Gasteiger partial charge >= 0.3 is 6.18 Å². The number of rotatable bonds is 3. The van der Waals surface area contributed by atoms with E-state index in [1.54, 1.807) is 12.1 Å². The molecular weight excluding hydrogens is 363 g/mol. The smallest absolute Gasteiger partial charge is 0.279 e. The Morgan fingerprint density at radius 1 is 0.846 bits per heavy atom. The molecule has 4 rings (SSSR count). The average Bonchev–Trinajstić information content (AvgIpc) is 3.01. The van der Waals surface area contributed by atoms with Crippen LogP contribution >= 0.6 is 0 Å². The molecule has 0 heterocycles. The highest BCUT2D eigenvalue weighted by Gasteiger charge is 2.37. The number of alkyl halides is 3. The van der Waals surface area contributed by atoms with Gasteiger partial charge in [0.15, 0.2) is 0 Å². The van der Waals surface area contributed by atoms with Crippen molar-refractivity contribution in [1.82, 2.24) is 0 Å². The third-order valence-electron chi connectivity index (χ3n) is 4.60. The van der Waals surface area contributed by atoms with Crippen LogP contribution < -0.4 is 4.72 Å². The van der Waals surface area contributed by atoms with E-state index in [0.29, 0.717) is 5.39 Å². The molecule has 0 atom stereocenters. The molecule has 3 aromatic rings. The summed E-state index contributed by atoms with van der Waals surface area (Å²) in [6.45, 7) is 0. The summed E-state index contributed by atoms with van der Waals surface area (Å²) in [4.78, 5) is -0.782. The van der Waals surface area contributed by atoms with Crippen molar-refractivity contribution in [3.05, 3.63) is 71.3 Å². The molecule has 0 aliphatic heterocycles. The van der Waals surface area contributed by atoms with Gasteiger partial charge in [-0.2, -0.15) is 13.2 Å². The normalized spacial score (nSPS) is 14.0. The van der Waals surface area contributed by atoms with Crippen LogP contribution in [-0.2, 0) is 29.0 Å². The third-order valence-corrected chi connectivity index (χ3v) is 6.03. The zero-order valence-corrected chi connectivity index (χ0v) is 14.3. The molecule has 1 aliphatic carbocycles. The highest BCUT2D eigenvalue weighted by Crippen LogP contribution is 2.38. The second kappa shape index (κ2) is 5.74. The number of aryl methyl sites for hydroxylation is 2. The van der Waals surface area contributed by atoms with E-state index >= 15 is 0 Å². The second-order valence-electron chi connectivity index (χ2n) is 6.21. The summed E-state index contributed by atoms with van der Waals surface area (Å²) in [6, 6.07) is 13.2. The number of benzene rings is 3. The minimum atomic E-state index is -4.76. The topological polar surface area (TPSA) is 46.2 Å². The van der Waals surface area contributed by atoms with E-state index in [4.69, 9.17) is 0 Å². The van der Waals surface area contributed by atoms with Gasteiger partial charge in [-0.3, -0.25) is 4.72 Å². The Balaban J connectivity index is 1.83. The van der Waals surface area contributed by atoms with E-state index in [9.17, 15) is 21.6 Å². The minimum absolute atomic E-state index is 0.282. The maximum Gasteiger partial charge on any atom is 0.417 e. The van der Waals surface area contributed by atoms with Gasteiger partial charge in [-0.05, 0) is 47.6 Å². The largest absolute Gasteiger partial charge is 0.417 e. The summed E-state index contributed by atoms with van der Waals surface area (Å²) >= 11 is 0. The maximum atomic E-state index is 13.2. The zero-order valence-electron chi connectivity index (χ0n) is 13.5. The third kappa shape index (κ3) is 2.72. The highest BCUT2D eigenvalue weighted by molar-refractivity contribution is 7.92. The van der Waals surface area contributed by atoms with Crippen LogP contribution in [0.1, 0.15) is 16.7 Å². The monoisotopic (exact) mass is 377 g/mol. The van der Waals surface area contributed by atoms with E-state index in [2.05, 4.69) is 4.72 Å². The van der Waals surface area contributed by atoms with Gasteiger partial charge in [-0.1, -0.05) is 36.4 Å². The molecule has 7 heteroatoms. The standard InChI is InChI=1S/C19H14F3NO2S/c20-19(21,22)15-6-1-2-7-17(15)26(24,25)23-16-11-10-13-9-8-12-4-3-5-14(16)18(12)13/h1-7,10-11,23H,8-9H2. The van der Waals surface area contributed by atoms with Crippen molar-refractivity contribution in [3.63, 3.8) is 0 Å². The van der Waals surface area contributed by atoms with Crippen molar-refractivity contribution >= 4 is 26.5 Å². The number of hydrogen-bond donors (Lipinski definition) is 1.